The minimum atomic E-state index is 0.409. The van der Waals surface area contributed by atoms with Crippen molar-refractivity contribution in [3.63, 3.8) is 0 Å². The summed E-state index contributed by atoms with van der Waals surface area (Å²) < 4.78 is 4.56. The molecule has 0 aliphatic rings. The Hall–Kier alpha value is -5.32. The number of fused-ring (bicyclic) bond motifs is 6. The zero-order chi connectivity index (χ0) is 26.0. The highest BCUT2D eigenvalue weighted by Gasteiger charge is 2.26. The largest absolute Gasteiger partial charge is 0.308 e. The Labute approximate surface area is 220 Å². The van der Waals surface area contributed by atoms with Gasteiger partial charge in [0, 0.05) is 21.5 Å². The second-order valence-corrected chi connectivity index (χ2v) is 9.63. The van der Waals surface area contributed by atoms with E-state index in [1.807, 2.05) is 13.8 Å². The maximum Gasteiger partial charge on any atom is 0.209 e. The van der Waals surface area contributed by atoms with E-state index in [1.54, 1.807) is 0 Å². The first-order valence-corrected chi connectivity index (χ1v) is 12.6. The summed E-state index contributed by atoms with van der Waals surface area (Å²) >= 11 is 0. The van der Waals surface area contributed by atoms with Crippen LogP contribution in [-0.2, 0) is 0 Å². The quantitative estimate of drug-likeness (QED) is 0.225. The number of para-hydroxylation sites is 4. The van der Waals surface area contributed by atoms with Crippen molar-refractivity contribution in [1.82, 2.24) is 9.13 Å². The number of hydrogen-bond acceptors (Lipinski definition) is 1. The third-order valence-electron chi connectivity index (χ3n) is 7.73. The minimum Gasteiger partial charge on any atom is -0.308 e. The van der Waals surface area contributed by atoms with Crippen molar-refractivity contribution >= 4 is 49.3 Å². The monoisotopic (exact) mass is 486 g/mol. The molecule has 7 rings (SSSR count). The second-order valence-electron chi connectivity index (χ2n) is 9.63. The van der Waals surface area contributed by atoms with Crippen molar-refractivity contribution in [1.29, 1.82) is 5.26 Å². The molecule has 0 saturated heterocycles. The molecule has 0 bridgehead atoms. The zero-order valence-electron chi connectivity index (χ0n) is 21.0. The molecule has 0 N–H and O–H groups in total. The highest BCUT2D eigenvalue weighted by molar-refractivity contribution is 6.12. The van der Waals surface area contributed by atoms with Gasteiger partial charge in [0.05, 0.1) is 51.6 Å². The van der Waals surface area contributed by atoms with Crippen molar-refractivity contribution in [2.45, 2.75) is 13.8 Å². The molecule has 5 aromatic carbocycles. The van der Waals surface area contributed by atoms with Gasteiger partial charge in [-0.15, -0.1) is 0 Å². The highest BCUT2D eigenvalue weighted by atomic mass is 15.1. The molecule has 4 nitrogen and oxygen atoms in total. The number of nitriles is 1. The molecule has 0 aliphatic heterocycles. The Balaban J connectivity index is 1.79. The lowest BCUT2D eigenvalue weighted by Gasteiger charge is -2.23. The van der Waals surface area contributed by atoms with Crippen LogP contribution < -0.4 is 0 Å². The van der Waals surface area contributed by atoms with Crippen molar-refractivity contribution in [3.8, 4) is 17.4 Å². The van der Waals surface area contributed by atoms with Crippen molar-refractivity contribution < 1.29 is 0 Å². The van der Waals surface area contributed by atoms with Crippen molar-refractivity contribution in [2.24, 2.45) is 0 Å². The molecule has 2 heterocycles. The number of aromatic nitrogens is 2. The first kappa shape index (κ1) is 21.9. The van der Waals surface area contributed by atoms with Crippen LogP contribution >= 0.6 is 0 Å². The molecule has 0 aliphatic carbocycles. The predicted molar refractivity (Wildman–Crippen MR) is 156 cm³/mol. The summed E-state index contributed by atoms with van der Waals surface area (Å²) in [5.74, 6) is 0. The van der Waals surface area contributed by atoms with Crippen LogP contribution in [0.2, 0.25) is 0 Å². The molecule has 178 valence electrons. The van der Waals surface area contributed by atoms with Crippen LogP contribution in [0.15, 0.2) is 97.1 Å². The third kappa shape index (κ3) is 2.78. The zero-order valence-corrected chi connectivity index (χ0v) is 21.0. The minimum absolute atomic E-state index is 0.409. The first-order valence-electron chi connectivity index (χ1n) is 12.6. The van der Waals surface area contributed by atoms with Crippen molar-refractivity contribution in [2.75, 3.05) is 0 Å². The molecule has 0 atom stereocenters. The molecule has 7 aromatic rings. The molecule has 0 unspecified atom stereocenters. The van der Waals surface area contributed by atoms with E-state index in [0.717, 1.165) is 66.1 Å². The van der Waals surface area contributed by atoms with E-state index in [4.69, 9.17) is 6.57 Å². The lowest BCUT2D eigenvalue weighted by molar-refractivity contribution is 1.06. The fourth-order valence-electron chi connectivity index (χ4n) is 6.10. The van der Waals surface area contributed by atoms with Gasteiger partial charge in [-0.1, -0.05) is 72.8 Å². The fourth-order valence-corrected chi connectivity index (χ4v) is 6.10. The van der Waals surface area contributed by atoms with Gasteiger partial charge >= 0.3 is 0 Å². The van der Waals surface area contributed by atoms with Crippen LogP contribution in [0.1, 0.15) is 16.7 Å². The van der Waals surface area contributed by atoms with Gasteiger partial charge in [-0.25, -0.2) is 4.85 Å². The SMILES string of the molecule is [C-]#[N+]c1c(C)c(-n2c3ccccc3c3ccccc32)c(-n2c3ccccc3c3ccccc32)c(C)c1C#N. The molecule has 38 heavy (non-hydrogen) atoms. The standard InChI is InChI=1S/C34H22N4/c1-21-27(20-35)32(36-3)22(2)34(38-30-18-10-6-14-25(30)26-15-7-11-19-31(26)38)33(21)37-28-16-8-4-12-23(28)24-13-5-9-17-29(24)37/h4-19H,1-2H3. The van der Waals surface area contributed by atoms with Gasteiger partial charge in [-0.3, -0.25) is 0 Å². The smallest absolute Gasteiger partial charge is 0.209 e. The summed E-state index contributed by atoms with van der Waals surface area (Å²) in [6.07, 6.45) is 0. The average Bonchev–Trinajstić information content (AvgIpc) is 3.47. The van der Waals surface area contributed by atoms with Crippen LogP contribution in [-0.4, -0.2) is 9.13 Å². The first-order chi connectivity index (χ1) is 18.7. The van der Waals surface area contributed by atoms with Gasteiger partial charge < -0.3 is 9.13 Å². The molecular formula is C34H22N4. The van der Waals surface area contributed by atoms with E-state index >= 15 is 0 Å². The Bertz CT molecular complexity index is 1910. The molecule has 0 amide bonds. The topological polar surface area (TPSA) is 38.0 Å². The van der Waals surface area contributed by atoms with E-state index < -0.39 is 0 Å². The summed E-state index contributed by atoms with van der Waals surface area (Å²) in [4.78, 5) is 3.88. The second kappa shape index (κ2) is 8.10. The third-order valence-corrected chi connectivity index (χ3v) is 7.73. The Morgan fingerprint density at radius 1 is 0.579 bits per heavy atom. The molecule has 0 saturated carbocycles. The van der Waals surface area contributed by atoms with Gasteiger partial charge in [-0.05, 0) is 49.2 Å². The van der Waals surface area contributed by atoms with Crippen LogP contribution in [0.3, 0.4) is 0 Å². The molecule has 0 radical (unpaired) electrons. The number of nitrogens with zero attached hydrogens (tertiary/aromatic N) is 4. The van der Waals surface area contributed by atoms with Gasteiger partial charge in [0.25, 0.3) is 0 Å². The van der Waals surface area contributed by atoms with Crippen molar-refractivity contribution in [3.05, 3.63) is 125 Å². The molecule has 2 aromatic heterocycles. The van der Waals surface area contributed by atoms with Crippen LogP contribution in [0.4, 0.5) is 5.69 Å². The van der Waals surface area contributed by atoms with Gasteiger partial charge in [0.2, 0.25) is 5.69 Å². The summed E-state index contributed by atoms with van der Waals surface area (Å²) in [6, 6.07) is 36.0. The van der Waals surface area contributed by atoms with Crippen LogP contribution in [0.5, 0.6) is 0 Å². The summed E-state index contributed by atoms with van der Waals surface area (Å²) in [7, 11) is 0. The van der Waals surface area contributed by atoms with Gasteiger partial charge in [-0.2, -0.15) is 5.26 Å². The normalized spacial score (nSPS) is 11.4. The van der Waals surface area contributed by atoms with Gasteiger partial charge in [0.15, 0.2) is 0 Å². The van der Waals surface area contributed by atoms with E-state index in [9.17, 15) is 5.26 Å². The van der Waals surface area contributed by atoms with E-state index in [1.165, 1.54) is 0 Å². The van der Waals surface area contributed by atoms with Crippen LogP contribution in [0, 0.1) is 31.8 Å². The Morgan fingerprint density at radius 2 is 0.921 bits per heavy atom. The highest BCUT2D eigenvalue weighted by Crippen LogP contribution is 2.44. The number of rotatable bonds is 2. The van der Waals surface area contributed by atoms with E-state index in [2.05, 4.69) is 117 Å². The average molecular weight is 487 g/mol. The lowest BCUT2D eigenvalue weighted by atomic mass is 9.97. The summed E-state index contributed by atoms with van der Waals surface area (Å²) in [5, 5.41) is 14.9. The predicted octanol–water partition coefficient (Wildman–Crippen LogP) is 8.92. The Kier molecular flexibility index (Phi) is 4.67. The fraction of sp³-hybridized carbons (Fsp3) is 0.0588. The number of hydrogen-bond donors (Lipinski definition) is 0. The Morgan fingerprint density at radius 3 is 1.26 bits per heavy atom. The maximum atomic E-state index is 10.3. The molecule has 4 heteroatoms. The maximum absolute atomic E-state index is 10.3. The summed E-state index contributed by atoms with van der Waals surface area (Å²) in [5.41, 5.74) is 8.56. The lowest BCUT2D eigenvalue weighted by Crippen LogP contribution is -2.09. The van der Waals surface area contributed by atoms with Gasteiger partial charge in [0.1, 0.15) is 0 Å². The number of benzene rings is 5. The van der Waals surface area contributed by atoms with E-state index in [-0.39, 0.29) is 0 Å². The molecule has 0 spiro atoms. The van der Waals surface area contributed by atoms with Crippen LogP contribution in [0.25, 0.3) is 59.8 Å². The molecule has 0 fully saturated rings. The van der Waals surface area contributed by atoms with E-state index in [0.29, 0.717) is 11.3 Å². The summed E-state index contributed by atoms with van der Waals surface area (Å²) in [6.45, 7) is 12.0. The molecular weight excluding hydrogens is 464 g/mol.